The first-order chi connectivity index (χ1) is 8.22. The Bertz CT molecular complexity index is 276. The average molecular weight is 252 g/mol. The van der Waals surface area contributed by atoms with Crippen LogP contribution in [0, 0.1) is 0 Å². The maximum absolute atomic E-state index is 8.76. The highest BCUT2D eigenvalue weighted by atomic mass is 32.1. The fourth-order valence-corrected chi connectivity index (χ4v) is 1.57. The second-order valence-electron chi connectivity index (χ2n) is 4.09. The van der Waals surface area contributed by atoms with Gasteiger partial charge >= 0.3 is 0 Å². The minimum absolute atomic E-state index is 0.0457. The highest BCUT2D eigenvalue weighted by molar-refractivity contribution is 7.80. The quantitative estimate of drug-likeness (QED) is 0.548. The van der Waals surface area contributed by atoms with Crippen molar-refractivity contribution in [1.29, 1.82) is 0 Å². The number of aliphatic hydroxyl groups excluding tert-OH is 1. The van der Waals surface area contributed by atoms with Crippen LogP contribution in [0.2, 0.25) is 0 Å². The van der Waals surface area contributed by atoms with Gasteiger partial charge < -0.3 is 5.11 Å². The summed E-state index contributed by atoms with van der Waals surface area (Å²) in [5, 5.41) is 8.71. The van der Waals surface area contributed by atoms with Crippen LogP contribution < -0.4 is 0 Å². The normalized spacial score (nSPS) is 9.29. The molecule has 0 radical (unpaired) electrons. The summed E-state index contributed by atoms with van der Waals surface area (Å²) >= 11 is 4.52. The lowest BCUT2D eigenvalue weighted by Crippen LogP contribution is -1.91. The molecule has 1 N–H and O–H groups in total. The Morgan fingerprint density at radius 2 is 1.41 bits per heavy atom. The summed E-state index contributed by atoms with van der Waals surface area (Å²) in [5.74, 6) is 0. The Labute approximate surface area is 111 Å². The van der Waals surface area contributed by atoms with Gasteiger partial charge in [0.2, 0.25) is 0 Å². The van der Waals surface area contributed by atoms with Crippen LogP contribution in [0.4, 0.5) is 0 Å². The van der Waals surface area contributed by atoms with Gasteiger partial charge in [-0.1, -0.05) is 82.7 Å². The zero-order valence-corrected chi connectivity index (χ0v) is 11.8. The summed E-state index contributed by atoms with van der Waals surface area (Å²) in [6.45, 7) is 4.51. The Kier molecular flexibility index (Phi) is 11.0. The number of benzene rings is 1. The van der Waals surface area contributed by atoms with E-state index in [1.165, 1.54) is 38.5 Å². The Hall–Kier alpha value is -0.890. The Balaban J connectivity index is 0.000000304. The largest absolute Gasteiger partial charge is 0.499 e. The average Bonchev–Trinajstić information content (AvgIpc) is 2.37. The Morgan fingerprint density at radius 3 is 1.71 bits per heavy atom. The van der Waals surface area contributed by atoms with E-state index < -0.39 is 0 Å². The zero-order valence-electron chi connectivity index (χ0n) is 11.0. The molecule has 1 aromatic rings. The summed E-state index contributed by atoms with van der Waals surface area (Å²) in [6, 6.07) is 9.07. The number of thiocarbonyl (C=S) groups is 1. The fraction of sp³-hybridized carbons (Fsp3) is 0.533. The fourth-order valence-electron chi connectivity index (χ4n) is 1.43. The van der Waals surface area contributed by atoms with Crippen molar-refractivity contribution in [2.45, 2.75) is 52.4 Å². The molecule has 0 aromatic heterocycles. The molecule has 0 bridgehead atoms. The van der Waals surface area contributed by atoms with Crippen LogP contribution in [0.15, 0.2) is 30.3 Å². The van der Waals surface area contributed by atoms with Crippen LogP contribution in [-0.4, -0.2) is 10.2 Å². The van der Waals surface area contributed by atoms with Gasteiger partial charge in [0.1, 0.15) is 0 Å². The zero-order chi connectivity index (χ0) is 12.9. The molecule has 0 unspecified atom stereocenters. The molecule has 1 nitrogen and oxygen atoms in total. The molecule has 1 rings (SSSR count). The molecule has 0 saturated heterocycles. The molecule has 17 heavy (non-hydrogen) atoms. The summed E-state index contributed by atoms with van der Waals surface area (Å²) in [4.78, 5) is 0. The topological polar surface area (TPSA) is 20.2 Å². The van der Waals surface area contributed by atoms with E-state index in [0.717, 1.165) is 0 Å². The minimum Gasteiger partial charge on any atom is -0.499 e. The van der Waals surface area contributed by atoms with Gasteiger partial charge in [-0.05, 0) is 12.2 Å². The molecule has 0 atom stereocenters. The molecule has 2 heteroatoms. The SMILES string of the molecule is CCCCCCCC.OC(=S)c1ccccc1. The predicted octanol–water partition coefficient (Wildman–Crippen LogP) is 5.29. The van der Waals surface area contributed by atoms with Gasteiger partial charge in [-0.25, -0.2) is 0 Å². The molecule has 1 aromatic carbocycles. The van der Waals surface area contributed by atoms with Crippen molar-refractivity contribution in [3.8, 4) is 0 Å². The van der Waals surface area contributed by atoms with E-state index in [-0.39, 0.29) is 5.05 Å². The molecule has 0 aliphatic heterocycles. The molecule has 0 saturated carbocycles. The van der Waals surface area contributed by atoms with Gasteiger partial charge in [0.25, 0.3) is 0 Å². The van der Waals surface area contributed by atoms with E-state index in [9.17, 15) is 0 Å². The van der Waals surface area contributed by atoms with Crippen molar-refractivity contribution in [3.05, 3.63) is 35.9 Å². The number of unbranched alkanes of at least 4 members (excludes halogenated alkanes) is 5. The minimum atomic E-state index is -0.0457. The van der Waals surface area contributed by atoms with Crippen LogP contribution in [0.3, 0.4) is 0 Å². The van der Waals surface area contributed by atoms with Crippen molar-refractivity contribution < 1.29 is 5.11 Å². The number of aliphatic hydroxyl groups is 1. The second-order valence-corrected chi connectivity index (χ2v) is 4.47. The van der Waals surface area contributed by atoms with Crippen molar-refractivity contribution in [3.63, 3.8) is 0 Å². The lowest BCUT2D eigenvalue weighted by molar-refractivity contribution is 0.571. The molecular weight excluding hydrogens is 228 g/mol. The summed E-state index contributed by atoms with van der Waals surface area (Å²) in [6.07, 6.45) is 8.49. The second kappa shape index (κ2) is 11.6. The summed E-state index contributed by atoms with van der Waals surface area (Å²) < 4.78 is 0. The lowest BCUT2D eigenvalue weighted by Gasteiger charge is -1.93. The highest BCUT2D eigenvalue weighted by Crippen LogP contribution is 2.03. The van der Waals surface area contributed by atoms with E-state index >= 15 is 0 Å². The molecule has 0 aliphatic rings. The molecule has 0 fully saturated rings. The maximum Gasteiger partial charge on any atom is 0.188 e. The third-order valence-corrected chi connectivity index (χ3v) is 2.71. The Morgan fingerprint density at radius 1 is 0.941 bits per heavy atom. The van der Waals surface area contributed by atoms with E-state index in [4.69, 9.17) is 5.11 Å². The number of hydrogen-bond acceptors (Lipinski definition) is 1. The molecule has 0 heterocycles. The van der Waals surface area contributed by atoms with Crippen molar-refractivity contribution >= 4 is 17.3 Å². The van der Waals surface area contributed by atoms with Gasteiger partial charge in [-0.2, -0.15) is 0 Å². The van der Waals surface area contributed by atoms with E-state index in [1.54, 1.807) is 12.1 Å². The molecular formula is C15H24OS. The monoisotopic (exact) mass is 252 g/mol. The van der Waals surface area contributed by atoms with Gasteiger partial charge in [-0.15, -0.1) is 0 Å². The van der Waals surface area contributed by atoms with Crippen LogP contribution in [0.1, 0.15) is 57.9 Å². The van der Waals surface area contributed by atoms with Crippen molar-refractivity contribution in [2.75, 3.05) is 0 Å². The van der Waals surface area contributed by atoms with Gasteiger partial charge in [0.15, 0.2) is 5.05 Å². The van der Waals surface area contributed by atoms with E-state index in [0.29, 0.717) is 5.56 Å². The number of hydrogen-bond donors (Lipinski definition) is 1. The van der Waals surface area contributed by atoms with Crippen molar-refractivity contribution in [2.24, 2.45) is 0 Å². The first kappa shape index (κ1) is 16.1. The van der Waals surface area contributed by atoms with Gasteiger partial charge in [0.05, 0.1) is 0 Å². The predicted molar refractivity (Wildman–Crippen MR) is 79.8 cm³/mol. The third kappa shape index (κ3) is 10.0. The van der Waals surface area contributed by atoms with Crippen LogP contribution in [0.25, 0.3) is 0 Å². The summed E-state index contributed by atoms with van der Waals surface area (Å²) in [7, 11) is 0. The third-order valence-electron chi connectivity index (χ3n) is 2.48. The van der Waals surface area contributed by atoms with Crippen LogP contribution >= 0.6 is 12.2 Å². The highest BCUT2D eigenvalue weighted by Gasteiger charge is 1.91. The van der Waals surface area contributed by atoms with Gasteiger partial charge in [0, 0.05) is 5.56 Å². The smallest absolute Gasteiger partial charge is 0.188 e. The standard InChI is InChI=1S/C8H18.C7H6OS/c1-3-5-7-8-6-4-2;8-7(9)6-4-2-1-3-5-6/h3-8H2,1-2H3;1-5H,(H,8,9). The summed E-state index contributed by atoms with van der Waals surface area (Å²) in [5.41, 5.74) is 0.701. The van der Waals surface area contributed by atoms with E-state index in [1.807, 2.05) is 18.2 Å². The molecule has 0 spiro atoms. The molecule has 96 valence electrons. The maximum atomic E-state index is 8.76. The van der Waals surface area contributed by atoms with Gasteiger partial charge in [-0.3, -0.25) is 0 Å². The van der Waals surface area contributed by atoms with E-state index in [2.05, 4.69) is 26.1 Å². The van der Waals surface area contributed by atoms with Crippen molar-refractivity contribution in [1.82, 2.24) is 0 Å². The van der Waals surface area contributed by atoms with Crippen LogP contribution in [0.5, 0.6) is 0 Å². The number of rotatable bonds is 6. The molecule has 0 aliphatic carbocycles. The van der Waals surface area contributed by atoms with Crippen LogP contribution in [-0.2, 0) is 0 Å². The molecule has 0 amide bonds. The first-order valence-corrected chi connectivity index (χ1v) is 6.91. The first-order valence-electron chi connectivity index (χ1n) is 6.50. The lowest BCUT2D eigenvalue weighted by atomic mass is 10.1.